The molecule has 318 valence electrons. The molecule has 4 aromatic carbocycles. The van der Waals surface area contributed by atoms with Gasteiger partial charge in [-0.2, -0.15) is 0 Å². The van der Waals surface area contributed by atoms with Crippen LogP contribution in [0.4, 0.5) is 13.6 Å². The molecule has 1 amide bonds. The maximum Gasteiger partial charge on any atom is 0.410 e. The third-order valence-electron chi connectivity index (χ3n) is 12.0. The number of ether oxygens (including phenoxy) is 1. The van der Waals surface area contributed by atoms with Crippen LogP contribution in [-0.4, -0.2) is 59.4 Å². The average molecular weight is 841 g/mol. The van der Waals surface area contributed by atoms with Crippen molar-refractivity contribution in [3.8, 4) is 22.3 Å². The second kappa shape index (κ2) is 17.5. The first-order valence-corrected chi connectivity index (χ1v) is 20.2. The topological polar surface area (TPSA) is 125 Å². The zero-order valence-electron chi connectivity index (χ0n) is 35.8. The lowest BCUT2D eigenvalue weighted by molar-refractivity contribution is -0.391. The molecule has 3 aliphatic rings. The number of amides is 1. The van der Waals surface area contributed by atoms with E-state index in [1.165, 1.54) is 24.3 Å². The van der Waals surface area contributed by atoms with Gasteiger partial charge >= 0.3 is 6.09 Å². The number of hydrogen-bond donors (Lipinski definition) is 1. The van der Waals surface area contributed by atoms with Crippen LogP contribution in [0.5, 0.6) is 0 Å². The van der Waals surface area contributed by atoms with Crippen molar-refractivity contribution in [1.82, 2.24) is 4.90 Å². The molecule has 8 nitrogen and oxygen atoms in total. The summed E-state index contributed by atoms with van der Waals surface area (Å²) in [5, 5.41) is 0. The Hall–Kier alpha value is -5.06. The Kier molecular flexibility index (Phi) is 13.4. The Labute approximate surface area is 357 Å². The number of carbonyl (C=O) groups is 5. The van der Waals surface area contributed by atoms with Gasteiger partial charge in [0.05, 0.1) is 6.54 Å². The van der Waals surface area contributed by atoms with Crippen molar-refractivity contribution >= 4 is 29.2 Å². The molecular formula is C49H55ClF2N2O6. The van der Waals surface area contributed by atoms with Crippen LogP contribution < -0.4 is 18.1 Å². The highest BCUT2D eigenvalue weighted by molar-refractivity contribution is 6.11. The van der Waals surface area contributed by atoms with Gasteiger partial charge in [-0.15, -0.1) is 0 Å². The van der Waals surface area contributed by atoms with Gasteiger partial charge in [-0.3, -0.25) is 19.2 Å². The minimum atomic E-state index is -0.770. The third-order valence-corrected chi connectivity index (χ3v) is 12.0. The predicted octanol–water partition coefficient (Wildman–Crippen LogP) is 5.74. The van der Waals surface area contributed by atoms with Crippen molar-refractivity contribution in [3.05, 3.63) is 118 Å². The van der Waals surface area contributed by atoms with E-state index in [2.05, 4.69) is 5.73 Å². The maximum absolute atomic E-state index is 13.3. The van der Waals surface area contributed by atoms with E-state index in [0.29, 0.717) is 32.5 Å². The van der Waals surface area contributed by atoms with E-state index in [9.17, 15) is 32.8 Å². The molecule has 1 spiro atoms. The summed E-state index contributed by atoms with van der Waals surface area (Å²) in [6.07, 6.45) is 0.942. The van der Waals surface area contributed by atoms with Gasteiger partial charge < -0.3 is 27.8 Å². The highest BCUT2D eigenvalue weighted by Gasteiger charge is 2.54. The first-order valence-electron chi connectivity index (χ1n) is 20.2. The molecule has 0 atom stereocenters. The number of nitrogens with zero attached hydrogens (tertiary/aromatic N) is 1. The average Bonchev–Trinajstić information content (AvgIpc) is 3.12. The van der Waals surface area contributed by atoms with Crippen molar-refractivity contribution in [1.29, 1.82) is 0 Å². The van der Waals surface area contributed by atoms with Crippen LogP contribution in [0, 0.1) is 50.2 Å². The number of aryl methyl sites for hydroxylation is 4. The normalized spacial score (nSPS) is 20.2. The summed E-state index contributed by atoms with van der Waals surface area (Å²) in [4.78, 5) is 65.9. The molecule has 2 aliphatic carbocycles. The van der Waals surface area contributed by atoms with Gasteiger partial charge in [0, 0.05) is 49.6 Å². The monoisotopic (exact) mass is 840 g/mol. The van der Waals surface area contributed by atoms with Crippen molar-refractivity contribution in [2.45, 2.75) is 98.5 Å². The van der Waals surface area contributed by atoms with E-state index < -0.39 is 28.9 Å². The van der Waals surface area contributed by atoms with Gasteiger partial charge in [0.15, 0.2) is 0 Å². The van der Waals surface area contributed by atoms with E-state index in [1.807, 2.05) is 79.7 Å². The summed E-state index contributed by atoms with van der Waals surface area (Å²) in [5.41, 5.74) is 11.4. The first-order chi connectivity index (χ1) is 27.6. The van der Waals surface area contributed by atoms with Crippen LogP contribution in [0.2, 0.25) is 0 Å². The summed E-state index contributed by atoms with van der Waals surface area (Å²) >= 11 is 0. The predicted molar refractivity (Wildman–Crippen MR) is 223 cm³/mol. The van der Waals surface area contributed by atoms with E-state index in [1.54, 1.807) is 29.2 Å². The van der Waals surface area contributed by atoms with Gasteiger partial charge in [-0.25, -0.2) is 13.6 Å². The molecule has 0 aromatic heterocycles. The van der Waals surface area contributed by atoms with E-state index >= 15 is 0 Å². The quantitative estimate of drug-likeness (QED) is 0.256. The minimum absolute atomic E-state index is 0. The zero-order valence-corrected chi connectivity index (χ0v) is 36.5. The molecule has 3 fully saturated rings. The van der Waals surface area contributed by atoms with Crippen molar-refractivity contribution < 1.29 is 55.6 Å². The number of ketones is 4. The van der Waals surface area contributed by atoms with Gasteiger partial charge in [0.1, 0.15) is 52.2 Å². The number of halogens is 3. The molecule has 60 heavy (non-hydrogen) atoms. The molecule has 1 aliphatic heterocycles. The van der Waals surface area contributed by atoms with Crippen LogP contribution in [0.15, 0.2) is 72.8 Å². The summed E-state index contributed by atoms with van der Waals surface area (Å²) in [5.74, 6) is -2.19. The standard InChI is InChI=1S/C27H30FNO4.C22H24FNO2.ClH/c1-16-10-19(18-6-8-20(28)9-7-18)11-17(2)23(16)24-21(30)12-27(13-22(24)31)14-29(15-27)25(32)33-26(3,4)5;1-13-8-16(15-4-6-17(23)7-5-15)9-14(2)20(13)21-18(25)10-22(3,12-24)11-19(21)26;/h6-11,24H,12-15H2,1-5H3;4-9,21H,10-12,24H2,1-3H3;1H. The second-order valence-electron chi connectivity index (χ2n) is 18.4. The number of benzene rings is 4. The lowest BCUT2D eigenvalue weighted by atomic mass is 9.63. The van der Waals surface area contributed by atoms with Crippen LogP contribution >= 0.6 is 0 Å². The molecule has 7 rings (SSSR count). The molecule has 2 saturated carbocycles. The second-order valence-corrected chi connectivity index (χ2v) is 18.4. The fourth-order valence-electron chi connectivity index (χ4n) is 9.21. The third kappa shape index (κ3) is 9.76. The van der Waals surface area contributed by atoms with Gasteiger partial charge in [-0.05, 0) is 128 Å². The number of quaternary nitrogens is 1. The minimum Gasteiger partial charge on any atom is -1.00 e. The number of likely N-dealkylation sites (tertiary alicyclic amines) is 1. The summed E-state index contributed by atoms with van der Waals surface area (Å²) in [7, 11) is 0. The fraction of sp³-hybridized carbons (Fsp3) is 0.408. The molecule has 11 heteroatoms. The molecule has 1 heterocycles. The number of Topliss-reactive ketones (excluding diaryl/α,β-unsaturated/α-hetero) is 4. The van der Waals surface area contributed by atoms with Gasteiger partial charge in [-0.1, -0.05) is 55.5 Å². The summed E-state index contributed by atoms with van der Waals surface area (Å²) in [6.45, 7) is 16.4. The van der Waals surface area contributed by atoms with E-state index in [0.717, 1.165) is 55.6 Å². The van der Waals surface area contributed by atoms with Crippen molar-refractivity contribution in [3.63, 3.8) is 0 Å². The van der Waals surface area contributed by atoms with Crippen molar-refractivity contribution in [2.75, 3.05) is 19.6 Å². The number of rotatable bonds is 5. The maximum atomic E-state index is 13.3. The van der Waals surface area contributed by atoms with Crippen LogP contribution in [-0.2, 0) is 23.9 Å². The molecule has 0 radical (unpaired) electrons. The Bertz CT molecular complexity index is 2240. The lowest BCUT2D eigenvalue weighted by Gasteiger charge is -2.52. The van der Waals surface area contributed by atoms with E-state index in [-0.39, 0.29) is 65.4 Å². The van der Waals surface area contributed by atoms with Crippen LogP contribution in [0.1, 0.15) is 98.6 Å². The molecule has 4 aromatic rings. The molecule has 3 N–H and O–H groups in total. The Morgan fingerprint density at radius 3 is 1.30 bits per heavy atom. The van der Waals surface area contributed by atoms with Crippen LogP contribution in [0.3, 0.4) is 0 Å². The zero-order chi connectivity index (χ0) is 43.2. The lowest BCUT2D eigenvalue weighted by Crippen LogP contribution is -3.00. The summed E-state index contributed by atoms with van der Waals surface area (Å²) in [6, 6.07) is 20.5. The van der Waals surface area contributed by atoms with E-state index in [4.69, 9.17) is 4.74 Å². The molecule has 0 unspecified atom stereocenters. The molecule has 0 bridgehead atoms. The Balaban J connectivity index is 0.000000230. The molecular weight excluding hydrogens is 786 g/mol. The molecule has 1 saturated heterocycles. The van der Waals surface area contributed by atoms with Gasteiger partial charge in [0.2, 0.25) is 0 Å². The first kappa shape index (κ1) is 46.0. The SMILES string of the molecule is Cc1cc(-c2ccc(F)cc2)cc(C)c1C1C(=O)CC(C)(C[NH3+])CC1=O.Cc1cc(-c2ccc(F)cc2)cc(C)c1C1C(=O)CC2(CC1=O)CN(C(=O)OC(C)(C)C)C2.[Cl-]. The Morgan fingerprint density at radius 2 is 0.983 bits per heavy atom. The smallest absolute Gasteiger partial charge is 0.410 e. The fourth-order valence-corrected chi connectivity index (χ4v) is 9.21. The van der Waals surface area contributed by atoms with Gasteiger partial charge in [0.25, 0.3) is 0 Å². The summed E-state index contributed by atoms with van der Waals surface area (Å²) < 4.78 is 31.9. The highest BCUT2D eigenvalue weighted by atomic mass is 35.5. The number of hydrogen-bond acceptors (Lipinski definition) is 6. The van der Waals surface area contributed by atoms with Crippen LogP contribution in [0.25, 0.3) is 22.3 Å². The largest absolute Gasteiger partial charge is 1.00 e. The number of carbonyl (C=O) groups excluding carboxylic acids is 5. The Morgan fingerprint density at radius 1 is 0.650 bits per heavy atom. The van der Waals surface area contributed by atoms with Crippen molar-refractivity contribution in [2.24, 2.45) is 10.8 Å². The highest BCUT2D eigenvalue weighted by Crippen LogP contribution is 2.47.